The topological polar surface area (TPSA) is 118 Å². The second kappa shape index (κ2) is 10.2. The number of piperidine rings is 1. The number of hydrogen-bond acceptors (Lipinski definition) is 6. The number of imide groups is 1. The Morgan fingerprint density at radius 3 is 2.43 bits per heavy atom. The molecule has 1 aliphatic heterocycles. The van der Waals surface area contributed by atoms with Gasteiger partial charge in [-0.3, -0.25) is 19.7 Å². The van der Waals surface area contributed by atoms with E-state index in [-0.39, 0.29) is 18.2 Å². The Morgan fingerprint density at radius 1 is 1.03 bits per heavy atom. The van der Waals surface area contributed by atoms with Crippen LogP contribution in [0.3, 0.4) is 0 Å². The summed E-state index contributed by atoms with van der Waals surface area (Å²) in [5.41, 5.74) is 0.892. The SMILES string of the molecule is O=C(COC(=O)C1CCN(C(=O)c2ccco2)CC1)NC(=O)NCc1ccccc1. The molecule has 9 nitrogen and oxygen atoms in total. The Bertz CT molecular complexity index is 873. The van der Waals surface area contributed by atoms with Gasteiger partial charge in [-0.25, -0.2) is 4.79 Å². The lowest BCUT2D eigenvalue weighted by Gasteiger charge is -2.30. The molecule has 0 aliphatic carbocycles. The first-order valence-electron chi connectivity index (χ1n) is 9.64. The molecule has 0 saturated carbocycles. The van der Waals surface area contributed by atoms with Gasteiger partial charge in [-0.1, -0.05) is 30.3 Å². The minimum Gasteiger partial charge on any atom is -0.459 e. The van der Waals surface area contributed by atoms with Crippen LogP contribution >= 0.6 is 0 Å². The van der Waals surface area contributed by atoms with Crippen molar-refractivity contribution in [1.82, 2.24) is 15.5 Å². The van der Waals surface area contributed by atoms with Crippen molar-refractivity contribution >= 4 is 23.8 Å². The first-order chi connectivity index (χ1) is 14.5. The second-order valence-corrected chi connectivity index (χ2v) is 6.87. The van der Waals surface area contributed by atoms with Gasteiger partial charge in [0.2, 0.25) is 0 Å². The molecule has 0 radical (unpaired) electrons. The Kier molecular flexibility index (Phi) is 7.20. The Morgan fingerprint density at radius 2 is 1.77 bits per heavy atom. The van der Waals surface area contributed by atoms with Gasteiger partial charge in [-0.15, -0.1) is 0 Å². The molecule has 30 heavy (non-hydrogen) atoms. The third-order valence-corrected chi connectivity index (χ3v) is 4.74. The van der Waals surface area contributed by atoms with Crippen LogP contribution in [0.5, 0.6) is 0 Å². The van der Waals surface area contributed by atoms with E-state index in [4.69, 9.17) is 9.15 Å². The van der Waals surface area contributed by atoms with Crippen molar-refractivity contribution < 1.29 is 28.3 Å². The normalized spacial score (nSPS) is 14.1. The summed E-state index contributed by atoms with van der Waals surface area (Å²) in [6.07, 6.45) is 2.30. The zero-order valence-corrected chi connectivity index (χ0v) is 16.3. The Balaban J connectivity index is 1.33. The molecule has 0 spiro atoms. The molecule has 2 aromatic rings. The van der Waals surface area contributed by atoms with E-state index in [1.807, 2.05) is 30.3 Å². The van der Waals surface area contributed by atoms with Crippen molar-refractivity contribution in [3.05, 3.63) is 60.1 Å². The molecular weight excluding hydrogens is 390 g/mol. The van der Waals surface area contributed by atoms with Gasteiger partial charge in [0.05, 0.1) is 12.2 Å². The van der Waals surface area contributed by atoms with Crippen LogP contribution in [0, 0.1) is 5.92 Å². The average Bonchev–Trinajstić information content (AvgIpc) is 3.31. The molecule has 9 heteroatoms. The predicted octanol–water partition coefficient (Wildman–Crippen LogP) is 1.70. The zero-order valence-electron chi connectivity index (χ0n) is 16.3. The third-order valence-electron chi connectivity index (χ3n) is 4.74. The number of likely N-dealkylation sites (tertiary alicyclic amines) is 1. The molecule has 0 atom stereocenters. The van der Waals surface area contributed by atoms with E-state index in [9.17, 15) is 19.2 Å². The van der Waals surface area contributed by atoms with E-state index in [2.05, 4.69) is 10.6 Å². The van der Waals surface area contributed by atoms with Crippen LogP contribution in [0.4, 0.5) is 4.79 Å². The fraction of sp³-hybridized carbons (Fsp3) is 0.333. The van der Waals surface area contributed by atoms with Crippen LogP contribution in [-0.4, -0.2) is 48.4 Å². The minimum atomic E-state index is -0.709. The molecule has 1 aromatic heterocycles. The lowest BCUT2D eigenvalue weighted by molar-refractivity contribution is -0.153. The van der Waals surface area contributed by atoms with Crippen molar-refractivity contribution in [1.29, 1.82) is 0 Å². The third kappa shape index (κ3) is 5.94. The number of furan rings is 1. The molecule has 4 amide bonds. The number of nitrogens with one attached hydrogen (secondary N) is 2. The number of amides is 4. The first-order valence-corrected chi connectivity index (χ1v) is 9.64. The molecule has 1 saturated heterocycles. The lowest BCUT2D eigenvalue weighted by atomic mass is 9.97. The van der Waals surface area contributed by atoms with E-state index in [0.717, 1.165) is 5.56 Å². The van der Waals surface area contributed by atoms with Crippen molar-refractivity contribution in [3.8, 4) is 0 Å². The van der Waals surface area contributed by atoms with Gasteiger partial charge in [0.25, 0.3) is 11.8 Å². The molecule has 2 N–H and O–H groups in total. The molecule has 1 aliphatic rings. The number of esters is 1. The van der Waals surface area contributed by atoms with Crippen LogP contribution in [0.15, 0.2) is 53.1 Å². The van der Waals surface area contributed by atoms with Crippen molar-refractivity contribution in [2.45, 2.75) is 19.4 Å². The Hall–Kier alpha value is -3.62. The highest BCUT2D eigenvalue weighted by atomic mass is 16.5. The lowest BCUT2D eigenvalue weighted by Crippen LogP contribution is -2.42. The molecule has 3 rings (SSSR count). The Labute approximate surface area is 173 Å². The number of nitrogens with zero attached hydrogens (tertiary/aromatic N) is 1. The van der Waals surface area contributed by atoms with E-state index in [1.165, 1.54) is 6.26 Å². The van der Waals surface area contributed by atoms with E-state index >= 15 is 0 Å². The van der Waals surface area contributed by atoms with Gasteiger partial charge >= 0.3 is 12.0 Å². The summed E-state index contributed by atoms with van der Waals surface area (Å²) in [6, 6.07) is 11.8. The second-order valence-electron chi connectivity index (χ2n) is 6.87. The summed E-state index contributed by atoms with van der Waals surface area (Å²) in [6.45, 7) is 0.527. The van der Waals surface area contributed by atoms with E-state index < -0.39 is 30.4 Å². The molecule has 158 valence electrons. The van der Waals surface area contributed by atoms with Gasteiger partial charge < -0.3 is 19.4 Å². The van der Waals surface area contributed by atoms with Gasteiger partial charge in [0.1, 0.15) is 0 Å². The van der Waals surface area contributed by atoms with E-state index in [1.54, 1.807) is 17.0 Å². The molecule has 2 heterocycles. The van der Waals surface area contributed by atoms with Gasteiger partial charge in [0, 0.05) is 19.6 Å². The predicted molar refractivity (Wildman–Crippen MR) is 105 cm³/mol. The van der Waals surface area contributed by atoms with Crippen LogP contribution in [-0.2, 0) is 20.9 Å². The van der Waals surface area contributed by atoms with Gasteiger partial charge in [0.15, 0.2) is 12.4 Å². The fourth-order valence-electron chi connectivity index (χ4n) is 3.11. The van der Waals surface area contributed by atoms with Gasteiger partial charge in [-0.2, -0.15) is 0 Å². The standard InChI is InChI=1S/C21H23N3O6/c25-18(23-21(28)22-13-15-5-2-1-3-6-15)14-30-20(27)16-8-10-24(11-9-16)19(26)17-7-4-12-29-17/h1-7,12,16H,8-11,13-14H2,(H2,22,23,25,28). The highest BCUT2D eigenvalue weighted by molar-refractivity contribution is 5.95. The smallest absolute Gasteiger partial charge is 0.321 e. The average molecular weight is 413 g/mol. The number of carbonyl (C=O) groups is 4. The maximum atomic E-state index is 12.2. The zero-order chi connectivity index (χ0) is 21.3. The number of carbonyl (C=O) groups excluding carboxylic acids is 4. The van der Waals surface area contributed by atoms with Crippen molar-refractivity contribution in [2.24, 2.45) is 5.92 Å². The number of hydrogen-bond donors (Lipinski definition) is 2. The van der Waals surface area contributed by atoms with Crippen LogP contribution in [0.25, 0.3) is 0 Å². The highest BCUT2D eigenvalue weighted by Gasteiger charge is 2.30. The summed E-state index contributed by atoms with van der Waals surface area (Å²) in [7, 11) is 0. The monoisotopic (exact) mass is 413 g/mol. The number of ether oxygens (including phenoxy) is 1. The fourth-order valence-corrected chi connectivity index (χ4v) is 3.11. The molecule has 1 fully saturated rings. The molecular formula is C21H23N3O6. The van der Waals surface area contributed by atoms with Crippen LogP contribution < -0.4 is 10.6 Å². The molecule has 1 aromatic carbocycles. The summed E-state index contributed by atoms with van der Waals surface area (Å²) in [4.78, 5) is 49.6. The first kappa shape index (κ1) is 21.1. The van der Waals surface area contributed by atoms with Crippen molar-refractivity contribution in [2.75, 3.05) is 19.7 Å². The van der Waals surface area contributed by atoms with Crippen LogP contribution in [0.2, 0.25) is 0 Å². The maximum absolute atomic E-state index is 12.2. The summed E-state index contributed by atoms with van der Waals surface area (Å²) in [5, 5.41) is 4.67. The summed E-state index contributed by atoms with van der Waals surface area (Å²) < 4.78 is 10.1. The molecule has 0 bridgehead atoms. The summed E-state index contributed by atoms with van der Waals surface area (Å²) in [5.74, 6) is -1.57. The summed E-state index contributed by atoms with van der Waals surface area (Å²) >= 11 is 0. The number of rotatable bonds is 6. The van der Waals surface area contributed by atoms with Gasteiger partial charge in [-0.05, 0) is 30.5 Å². The van der Waals surface area contributed by atoms with Crippen molar-refractivity contribution in [3.63, 3.8) is 0 Å². The minimum absolute atomic E-state index is 0.215. The molecule has 0 unspecified atom stereocenters. The number of benzene rings is 1. The quantitative estimate of drug-likeness (QED) is 0.696. The van der Waals surface area contributed by atoms with Crippen LogP contribution in [0.1, 0.15) is 29.0 Å². The highest BCUT2D eigenvalue weighted by Crippen LogP contribution is 2.20. The maximum Gasteiger partial charge on any atom is 0.321 e. The number of urea groups is 1. The van der Waals surface area contributed by atoms with E-state index in [0.29, 0.717) is 25.9 Å². The largest absolute Gasteiger partial charge is 0.459 e.